The second kappa shape index (κ2) is 5.46. The highest BCUT2D eigenvalue weighted by atomic mass is 32.2. The Bertz CT molecular complexity index is 719. The molecule has 0 fully saturated rings. The lowest BCUT2D eigenvalue weighted by molar-refractivity contribution is 0.415. The molecule has 0 aliphatic carbocycles. The number of methoxy groups -OCH3 is 1. The zero-order chi connectivity index (χ0) is 14.8. The Labute approximate surface area is 116 Å². The molecule has 1 aromatic carbocycles. The number of nitrogens with zero attached hydrogens (tertiary/aromatic N) is 2. The minimum atomic E-state index is -4.06. The molecule has 0 aliphatic rings. The third kappa shape index (κ3) is 2.57. The van der Waals surface area contributed by atoms with Gasteiger partial charge in [0, 0.05) is 19.3 Å². The quantitative estimate of drug-likeness (QED) is 0.866. The highest BCUT2D eigenvalue weighted by Crippen LogP contribution is 2.25. The first-order valence-electron chi connectivity index (χ1n) is 5.70. The standard InChI is InChI=1S/C13H13FN2O3S/c1-16(10-5-3-6-11(9-10)19-2)20(17,18)13-12(14)7-4-8-15-13/h3-9H,1-2H3. The molecule has 5 nitrogen and oxygen atoms in total. The molecule has 0 spiro atoms. The fraction of sp³-hybridized carbons (Fsp3) is 0.154. The maximum Gasteiger partial charge on any atom is 0.284 e. The van der Waals surface area contributed by atoms with Crippen LogP contribution in [-0.4, -0.2) is 27.6 Å². The van der Waals surface area contributed by atoms with Crippen LogP contribution in [0.2, 0.25) is 0 Å². The van der Waals surface area contributed by atoms with Crippen LogP contribution in [0.3, 0.4) is 0 Å². The van der Waals surface area contributed by atoms with Crippen molar-refractivity contribution in [3.05, 3.63) is 48.4 Å². The molecule has 0 amide bonds. The summed E-state index contributed by atoms with van der Waals surface area (Å²) in [5, 5.41) is -0.606. The fourth-order valence-corrected chi connectivity index (χ4v) is 2.79. The van der Waals surface area contributed by atoms with E-state index in [1.54, 1.807) is 24.3 Å². The molecule has 1 aromatic heterocycles. The molecule has 106 valence electrons. The van der Waals surface area contributed by atoms with E-state index in [1.807, 2.05) is 0 Å². The molecule has 2 aromatic rings. The van der Waals surface area contributed by atoms with Gasteiger partial charge in [0.1, 0.15) is 5.75 Å². The van der Waals surface area contributed by atoms with E-state index in [2.05, 4.69) is 4.98 Å². The second-order valence-corrected chi connectivity index (χ2v) is 5.85. The molecule has 7 heteroatoms. The average molecular weight is 296 g/mol. The van der Waals surface area contributed by atoms with Crippen molar-refractivity contribution in [2.45, 2.75) is 5.03 Å². The molecule has 0 radical (unpaired) electrons. The van der Waals surface area contributed by atoms with Crippen LogP contribution in [0, 0.1) is 5.82 Å². The summed E-state index contributed by atoms with van der Waals surface area (Å²) in [5.74, 6) is -0.381. The number of hydrogen-bond donors (Lipinski definition) is 0. The van der Waals surface area contributed by atoms with Gasteiger partial charge >= 0.3 is 0 Å². The van der Waals surface area contributed by atoms with Gasteiger partial charge in [-0.3, -0.25) is 4.31 Å². The average Bonchev–Trinajstić information content (AvgIpc) is 2.46. The smallest absolute Gasteiger partial charge is 0.284 e. The zero-order valence-corrected chi connectivity index (χ0v) is 11.8. The monoisotopic (exact) mass is 296 g/mol. The molecule has 20 heavy (non-hydrogen) atoms. The van der Waals surface area contributed by atoms with E-state index in [9.17, 15) is 12.8 Å². The first-order valence-corrected chi connectivity index (χ1v) is 7.14. The lowest BCUT2D eigenvalue weighted by Gasteiger charge is -2.19. The van der Waals surface area contributed by atoms with Crippen molar-refractivity contribution in [2.75, 3.05) is 18.5 Å². The van der Waals surface area contributed by atoms with E-state index in [4.69, 9.17) is 4.74 Å². The van der Waals surface area contributed by atoms with Gasteiger partial charge in [0.25, 0.3) is 10.0 Å². The molecular formula is C13H13FN2O3S. The van der Waals surface area contributed by atoms with Crippen LogP contribution in [0.5, 0.6) is 5.75 Å². The Morgan fingerprint density at radius 2 is 2.00 bits per heavy atom. The number of rotatable bonds is 4. The van der Waals surface area contributed by atoms with E-state index in [0.29, 0.717) is 11.4 Å². The number of benzene rings is 1. The van der Waals surface area contributed by atoms with Crippen molar-refractivity contribution in [3.8, 4) is 5.75 Å². The summed E-state index contributed by atoms with van der Waals surface area (Å²) in [5.41, 5.74) is 0.356. The lowest BCUT2D eigenvalue weighted by Crippen LogP contribution is -2.28. The van der Waals surface area contributed by atoms with Gasteiger partial charge in [-0.15, -0.1) is 0 Å². The Morgan fingerprint density at radius 1 is 1.25 bits per heavy atom. The van der Waals surface area contributed by atoms with E-state index in [0.717, 1.165) is 10.4 Å². The molecule has 0 N–H and O–H groups in total. The molecule has 2 rings (SSSR count). The van der Waals surface area contributed by atoms with Gasteiger partial charge in [0.15, 0.2) is 5.82 Å². The topological polar surface area (TPSA) is 59.5 Å². The Balaban J connectivity index is 2.46. The van der Waals surface area contributed by atoms with Crippen molar-refractivity contribution >= 4 is 15.7 Å². The maximum absolute atomic E-state index is 13.6. The Hall–Kier alpha value is -2.15. The van der Waals surface area contributed by atoms with Crippen molar-refractivity contribution < 1.29 is 17.5 Å². The molecule has 0 unspecified atom stereocenters. The minimum absolute atomic E-state index is 0.356. The third-order valence-corrected chi connectivity index (χ3v) is 4.47. The summed E-state index contributed by atoms with van der Waals surface area (Å²) in [4.78, 5) is 3.60. The first-order chi connectivity index (χ1) is 9.46. The summed E-state index contributed by atoms with van der Waals surface area (Å²) in [6.45, 7) is 0. The molecule has 0 aliphatic heterocycles. The number of anilines is 1. The summed E-state index contributed by atoms with van der Waals surface area (Å²) in [7, 11) is -1.25. The lowest BCUT2D eigenvalue weighted by atomic mass is 10.3. The van der Waals surface area contributed by atoms with Gasteiger partial charge in [-0.2, -0.15) is 8.42 Å². The number of sulfonamides is 1. The zero-order valence-electron chi connectivity index (χ0n) is 10.9. The molecule has 0 saturated heterocycles. The number of hydrogen-bond acceptors (Lipinski definition) is 4. The van der Waals surface area contributed by atoms with Crippen LogP contribution in [0.1, 0.15) is 0 Å². The summed E-state index contributed by atoms with van der Waals surface area (Å²) >= 11 is 0. The highest BCUT2D eigenvalue weighted by Gasteiger charge is 2.26. The molecule has 0 atom stereocenters. The van der Waals surface area contributed by atoms with Crippen molar-refractivity contribution in [3.63, 3.8) is 0 Å². The molecule has 0 saturated carbocycles. The third-order valence-electron chi connectivity index (χ3n) is 2.75. The largest absolute Gasteiger partial charge is 0.497 e. The van der Waals surface area contributed by atoms with Crippen molar-refractivity contribution in [1.29, 1.82) is 0 Å². The molecule has 0 bridgehead atoms. The Kier molecular flexibility index (Phi) is 3.89. The first kappa shape index (κ1) is 14.3. The maximum atomic E-state index is 13.6. The number of halogens is 1. The van der Waals surface area contributed by atoms with Crippen LogP contribution in [0.15, 0.2) is 47.6 Å². The van der Waals surface area contributed by atoms with Crippen LogP contribution in [0.4, 0.5) is 10.1 Å². The second-order valence-electron chi connectivity index (χ2n) is 3.96. The molecule has 1 heterocycles. The van der Waals surface area contributed by atoms with Gasteiger partial charge in [-0.05, 0) is 24.3 Å². The molecular weight excluding hydrogens is 283 g/mol. The summed E-state index contributed by atoms with van der Waals surface area (Å²) in [6.07, 6.45) is 1.23. The van der Waals surface area contributed by atoms with E-state index in [1.165, 1.54) is 26.4 Å². The van der Waals surface area contributed by atoms with E-state index in [-0.39, 0.29) is 0 Å². The van der Waals surface area contributed by atoms with Gasteiger partial charge < -0.3 is 4.74 Å². The summed E-state index contributed by atoms with van der Waals surface area (Å²) < 4.78 is 44.3. The van der Waals surface area contributed by atoms with E-state index < -0.39 is 20.9 Å². The van der Waals surface area contributed by atoms with Crippen LogP contribution in [-0.2, 0) is 10.0 Å². The van der Waals surface area contributed by atoms with Gasteiger partial charge in [0.05, 0.1) is 12.8 Å². The van der Waals surface area contributed by atoms with E-state index >= 15 is 0 Å². The van der Waals surface area contributed by atoms with Crippen molar-refractivity contribution in [1.82, 2.24) is 4.98 Å². The van der Waals surface area contributed by atoms with Gasteiger partial charge in [-0.1, -0.05) is 6.07 Å². The van der Waals surface area contributed by atoms with Gasteiger partial charge in [-0.25, -0.2) is 9.37 Å². The highest BCUT2D eigenvalue weighted by molar-refractivity contribution is 7.92. The van der Waals surface area contributed by atoms with Crippen LogP contribution in [0.25, 0.3) is 0 Å². The van der Waals surface area contributed by atoms with Gasteiger partial charge in [0.2, 0.25) is 5.03 Å². The number of pyridine rings is 1. The van der Waals surface area contributed by atoms with Crippen molar-refractivity contribution in [2.24, 2.45) is 0 Å². The summed E-state index contributed by atoms with van der Waals surface area (Å²) in [6, 6.07) is 8.85. The predicted octanol–water partition coefficient (Wildman–Crippen LogP) is 2.05. The van der Waals surface area contributed by atoms with Crippen LogP contribution < -0.4 is 9.04 Å². The minimum Gasteiger partial charge on any atom is -0.497 e. The Morgan fingerprint density at radius 3 is 2.65 bits per heavy atom. The fourth-order valence-electron chi connectivity index (χ4n) is 1.64. The SMILES string of the molecule is COc1cccc(N(C)S(=O)(=O)c2ncccc2F)c1. The number of ether oxygens (including phenoxy) is 1. The van der Waals surface area contributed by atoms with Crippen LogP contribution >= 0.6 is 0 Å². The normalized spacial score (nSPS) is 11.2. The predicted molar refractivity (Wildman–Crippen MR) is 72.8 cm³/mol. The number of aromatic nitrogens is 1.